The number of rotatable bonds is 4. The van der Waals surface area contributed by atoms with Crippen molar-refractivity contribution in [3.63, 3.8) is 0 Å². The minimum absolute atomic E-state index is 0.146. The molecular formula is C24H21N5OS. The highest BCUT2D eigenvalue weighted by atomic mass is 32.1. The standard InChI is InChI=1S/C24H21N5OS/c1-16-7-12-21(28(16)18-5-4-13-25-15-18)23-22(20-6-2-3-14-26-20)27-24(31)29(23)17-8-10-19(30)11-9-17/h2-15,22-23,30H,1H3,(H,27,31)/t22-,23-/m1/s1. The maximum Gasteiger partial charge on any atom is 0.174 e. The van der Waals surface area contributed by atoms with Gasteiger partial charge in [0.2, 0.25) is 0 Å². The molecular weight excluding hydrogens is 406 g/mol. The Morgan fingerprint density at radius 2 is 1.77 bits per heavy atom. The van der Waals surface area contributed by atoms with Crippen LogP contribution in [0.5, 0.6) is 5.75 Å². The van der Waals surface area contributed by atoms with E-state index in [2.05, 4.69) is 43.8 Å². The van der Waals surface area contributed by atoms with Gasteiger partial charge in [-0.2, -0.15) is 0 Å². The molecule has 7 heteroatoms. The predicted octanol–water partition coefficient (Wildman–Crippen LogP) is 4.46. The lowest BCUT2D eigenvalue weighted by molar-refractivity contribution is 0.475. The molecule has 154 valence electrons. The Bertz CT molecular complexity index is 1210. The fourth-order valence-corrected chi connectivity index (χ4v) is 4.52. The van der Waals surface area contributed by atoms with E-state index in [0.29, 0.717) is 5.11 Å². The van der Waals surface area contributed by atoms with Gasteiger partial charge in [-0.25, -0.2) is 0 Å². The number of aromatic nitrogens is 3. The summed E-state index contributed by atoms with van der Waals surface area (Å²) in [4.78, 5) is 11.0. The van der Waals surface area contributed by atoms with Gasteiger partial charge < -0.3 is 19.9 Å². The van der Waals surface area contributed by atoms with Gasteiger partial charge >= 0.3 is 0 Å². The van der Waals surface area contributed by atoms with Crippen molar-refractivity contribution in [2.75, 3.05) is 4.90 Å². The first-order chi connectivity index (χ1) is 15.1. The molecule has 0 radical (unpaired) electrons. The molecule has 2 N–H and O–H groups in total. The van der Waals surface area contributed by atoms with Gasteiger partial charge in [-0.15, -0.1) is 0 Å². The van der Waals surface area contributed by atoms with Crippen LogP contribution in [0, 0.1) is 6.92 Å². The van der Waals surface area contributed by atoms with Crippen molar-refractivity contribution < 1.29 is 5.11 Å². The number of aromatic hydroxyl groups is 1. The highest BCUT2D eigenvalue weighted by Gasteiger charge is 2.42. The van der Waals surface area contributed by atoms with Crippen molar-refractivity contribution in [3.05, 3.63) is 102 Å². The molecule has 4 heterocycles. The summed E-state index contributed by atoms with van der Waals surface area (Å²) in [6.07, 6.45) is 5.43. The average Bonchev–Trinajstić information content (AvgIpc) is 3.35. The van der Waals surface area contributed by atoms with Crippen molar-refractivity contribution in [2.45, 2.75) is 19.0 Å². The molecule has 1 saturated heterocycles. The van der Waals surface area contributed by atoms with Crippen LogP contribution in [0.15, 0.2) is 85.3 Å². The number of phenolic OH excluding ortho intramolecular Hbond substituents is 1. The van der Waals surface area contributed by atoms with E-state index in [0.717, 1.165) is 28.5 Å². The fourth-order valence-electron chi connectivity index (χ4n) is 4.17. The molecule has 0 spiro atoms. The summed E-state index contributed by atoms with van der Waals surface area (Å²) in [6, 6.07) is 20.9. The first kappa shape index (κ1) is 19.3. The monoisotopic (exact) mass is 427 g/mol. The number of nitrogens with zero attached hydrogens (tertiary/aromatic N) is 4. The second-order valence-corrected chi connectivity index (χ2v) is 7.85. The molecule has 1 aromatic carbocycles. The van der Waals surface area contributed by atoms with Gasteiger partial charge in [-0.3, -0.25) is 9.97 Å². The Kier molecular flexibility index (Phi) is 4.88. The number of anilines is 1. The number of hydrogen-bond donors (Lipinski definition) is 2. The van der Waals surface area contributed by atoms with Crippen molar-refractivity contribution >= 4 is 23.0 Å². The summed E-state index contributed by atoms with van der Waals surface area (Å²) in [5, 5.41) is 13.9. The summed E-state index contributed by atoms with van der Waals surface area (Å²) < 4.78 is 2.20. The Morgan fingerprint density at radius 1 is 0.935 bits per heavy atom. The third-order valence-electron chi connectivity index (χ3n) is 5.54. The van der Waals surface area contributed by atoms with E-state index in [-0.39, 0.29) is 17.8 Å². The molecule has 0 amide bonds. The van der Waals surface area contributed by atoms with Crippen LogP contribution in [-0.4, -0.2) is 24.8 Å². The van der Waals surface area contributed by atoms with Gasteiger partial charge in [0, 0.05) is 29.5 Å². The zero-order chi connectivity index (χ0) is 21.4. The van der Waals surface area contributed by atoms with Gasteiger partial charge in [0.05, 0.1) is 23.6 Å². The Balaban J connectivity index is 1.70. The van der Waals surface area contributed by atoms with Crippen LogP contribution >= 0.6 is 12.2 Å². The van der Waals surface area contributed by atoms with E-state index >= 15 is 0 Å². The third-order valence-corrected chi connectivity index (χ3v) is 5.85. The van der Waals surface area contributed by atoms with E-state index in [4.69, 9.17) is 12.2 Å². The van der Waals surface area contributed by atoms with Gasteiger partial charge in [-0.1, -0.05) is 6.07 Å². The summed E-state index contributed by atoms with van der Waals surface area (Å²) >= 11 is 5.78. The van der Waals surface area contributed by atoms with Crippen LogP contribution in [0.1, 0.15) is 29.2 Å². The van der Waals surface area contributed by atoms with E-state index in [9.17, 15) is 5.11 Å². The summed E-state index contributed by atoms with van der Waals surface area (Å²) in [6.45, 7) is 2.08. The number of nitrogens with one attached hydrogen (secondary N) is 1. The highest BCUT2D eigenvalue weighted by molar-refractivity contribution is 7.80. The Morgan fingerprint density at radius 3 is 2.48 bits per heavy atom. The number of thiocarbonyl (C=S) groups is 1. The van der Waals surface area contributed by atoms with Crippen LogP contribution in [0.25, 0.3) is 5.69 Å². The minimum atomic E-state index is -0.152. The number of hydrogen-bond acceptors (Lipinski definition) is 4. The van der Waals surface area contributed by atoms with E-state index < -0.39 is 0 Å². The third kappa shape index (κ3) is 3.43. The van der Waals surface area contributed by atoms with Crippen molar-refractivity contribution in [1.29, 1.82) is 0 Å². The number of aryl methyl sites for hydroxylation is 1. The number of benzene rings is 1. The lowest BCUT2D eigenvalue weighted by Gasteiger charge is -2.29. The largest absolute Gasteiger partial charge is 0.508 e. The average molecular weight is 428 g/mol. The molecule has 1 fully saturated rings. The molecule has 4 aromatic rings. The van der Waals surface area contributed by atoms with Crippen molar-refractivity contribution in [2.24, 2.45) is 0 Å². The molecule has 0 unspecified atom stereocenters. The maximum absolute atomic E-state index is 9.79. The van der Waals surface area contributed by atoms with E-state index in [1.54, 1.807) is 24.5 Å². The first-order valence-electron chi connectivity index (χ1n) is 10.0. The van der Waals surface area contributed by atoms with Crippen LogP contribution in [0.2, 0.25) is 0 Å². The summed E-state index contributed by atoms with van der Waals surface area (Å²) in [5.74, 6) is 0.217. The van der Waals surface area contributed by atoms with E-state index in [1.165, 1.54) is 0 Å². The first-order valence-corrected chi connectivity index (χ1v) is 10.4. The summed E-state index contributed by atoms with van der Waals surface area (Å²) in [7, 11) is 0. The molecule has 1 aliphatic heterocycles. The van der Waals surface area contributed by atoms with Gasteiger partial charge in [0.15, 0.2) is 5.11 Å². The highest BCUT2D eigenvalue weighted by Crippen LogP contribution is 2.42. The zero-order valence-corrected chi connectivity index (χ0v) is 17.7. The van der Waals surface area contributed by atoms with Crippen molar-refractivity contribution in [1.82, 2.24) is 19.9 Å². The van der Waals surface area contributed by atoms with Gasteiger partial charge in [0.1, 0.15) is 11.8 Å². The molecule has 2 atom stereocenters. The number of pyridine rings is 2. The SMILES string of the molecule is Cc1ccc([C@@H]2[C@@H](c3ccccn3)NC(=S)N2c2ccc(O)cc2)n1-c1cccnc1. The van der Waals surface area contributed by atoms with Gasteiger partial charge in [-0.05, 0) is 79.8 Å². The lowest BCUT2D eigenvalue weighted by atomic mass is 10.0. The second-order valence-electron chi connectivity index (χ2n) is 7.46. The predicted molar refractivity (Wildman–Crippen MR) is 124 cm³/mol. The minimum Gasteiger partial charge on any atom is -0.508 e. The normalized spacial score (nSPS) is 18.2. The molecule has 1 aliphatic rings. The molecule has 5 rings (SSSR count). The maximum atomic E-state index is 9.79. The Hall–Kier alpha value is -3.71. The molecule has 0 aliphatic carbocycles. The van der Waals surface area contributed by atoms with Crippen LogP contribution < -0.4 is 10.2 Å². The second kappa shape index (κ2) is 7.85. The van der Waals surface area contributed by atoms with Gasteiger partial charge in [0.25, 0.3) is 0 Å². The quantitative estimate of drug-likeness (QED) is 0.469. The van der Waals surface area contributed by atoms with Crippen LogP contribution in [-0.2, 0) is 0 Å². The number of phenols is 1. The molecule has 3 aromatic heterocycles. The Labute approximate surface area is 185 Å². The summed E-state index contributed by atoms with van der Waals surface area (Å²) in [5.41, 5.74) is 4.97. The molecule has 0 bridgehead atoms. The smallest absolute Gasteiger partial charge is 0.174 e. The van der Waals surface area contributed by atoms with Crippen molar-refractivity contribution in [3.8, 4) is 11.4 Å². The zero-order valence-electron chi connectivity index (χ0n) is 16.9. The molecule has 0 saturated carbocycles. The van der Waals surface area contributed by atoms with Crippen LogP contribution in [0.3, 0.4) is 0 Å². The topological polar surface area (TPSA) is 66.2 Å². The molecule has 6 nitrogen and oxygen atoms in total. The van der Waals surface area contributed by atoms with Crippen LogP contribution in [0.4, 0.5) is 5.69 Å². The lowest BCUT2D eigenvalue weighted by Crippen LogP contribution is -2.30. The van der Waals surface area contributed by atoms with E-state index in [1.807, 2.05) is 48.7 Å². The fraction of sp³-hybridized carbons (Fsp3) is 0.125. The molecule has 31 heavy (non-hydrogen) atoms.